The molecule has 1 rings (SSSR count). The molecular formula is C13H17ClN2O2. The second-order valence-electron chi connectivity index (χ2n) is 4.08. The molecule has 0 unspecified atom stereocenters. The van der Waals surface area contributed by atoms with Crippen LogP contribution < -0.4 is 10.2 Å². The molecular weight excluding hydrogens is 252 g/mol. The van der Waals surface area contributed by atoms with Crippen molar-refractivity contribution in [3.8, 4) is 0 Å². The van der Waals surface area contributed by atoms with Gasteiger partial charge >= 0.3 is 0 Å². The van der Waals surface area contributed by atoms with Crippen molar-refractivity contribution in [2.45, 2.75) is 20.8 Å². The van der Waals surface area contributed by atoms with E-state index in [1.54, 1.807) is 17.0 Å². The van der Waals surface area contributed by atoms with Gasteiger partial charge in [-0.25, -0.2) is 0 Å². The lowest BCUT2D eigenvalue weighted by Gasteiger charge is -2.23. The second kappa shape index (κ2) is 6.40. The van der Waals surface area contributed by atoms with Crippen molar-refractivity contribution in [1.82, 2.24) is 5.32 Å². The number of hydrogen-bond donors (Lipinski definition) is 1. The average molecular weight is 269 g/mol. The highest BCUT2D eigenvalue weighted by Crippen LogP contribution is 2.24. The van der Waals surface area contributed by atoms with Gasteiger partial charge in [-0.3, -0.25) is 9.59 Å². The monoisotopic (exact) mass is 268 g/mol. The molecule has 0 aliphatic rings. The van der Waals surface area contributed by atoms with Gasteiger partial charge in [0, 0.05) is 37.6 Å². The lowest BCUT2D eigenvalue weighted by Crippen LogP contribution is -2.37. The summed E-state index contributed by atoms with van der Waals surface area (Å²) in [6.45, 7) is 5.70. The first-order valence-electron chi connectivity index (χ1n) is 5.70. The van der Waals surface area contributed by atoms with Crippen LogP contribution in [0.4, 0.5) is 5.69 Å². The standard InChI is InChI=1S/C13H17ClN2O2/c1-9-4-5-12(14)8-13(9)16(11(3)18)7-6-15-10(2)17/h4-5,8H,6-7H2,1-3H3,(H,15,17). The van der Waals surface area contributed by atoms with Crippen LogP contribution >= 0.6 is 11.6 Å². The van der Waals surface area contributed by atoms with Crippen LogP contribution in [0.15, 0.2) is 18.2 Å². The molecule has 0 aliphatic carbocycles. The van der Waals surface area contributed by atoms with Crippen LogP contribution in [0.25, 0.3) is 0 Å². The summed E-state index contributed by atoms with van der Waals surface area (Å²) in [6.07, 6.45) is 0. The fourth-order valence-corrected chi connectivity index (χ4v) is 1.83. The molecule has 4 nitrogen and oxygen atoms in total. The molecule has 5 heteroatoms. The van der Waals surface area contributed by atoms with E-state index in [-0.39, 0.29) is 11.8 Å². The van der Waals surface area contributed by atoms with Crippen molar-refractivity contribution in [3.05, 3.63) is 28.8 Å². The number of halogens is 1. The van der Waals surface area contributed by atoms with Gasteiger partial charge in [-0.05, 0) is 24.6 Å². The quantitative estimate of drug-likeness (QED) is 0.910. The third kappa shape index (κ3) is 4.04. The van der Waals surface area contributed by atoms with Gasteiger partial charge in [0.15, 0.2) is 0 Å². The summed E-state index contributed by atoms with van der Waals surface area (Å²) in [7, 11) is 0. The Kier molecular flexibility index (Phi) is 5.16. The van der Waals surface area contributed by atoms with Crippen molar-refractivity contribution in [3.63, 3.8) is 0 Å². The summed E-state index contributed by atoms with van der Waals surface area (Å²) >= 11 is 5.94. The molecule has 1 aromatic rings. The molecule has 0 atom stereocenters. The molecule has 2 amide bonds. The van der Waals surface area contributed by atoms with Crippen molar-refractivity contribution < 1.29 is 9.59 Å². The molecule has 1 N–H and O–H groups in total. The van der Waals surface area contributed by atoms with Crippen LogP contribution in [0.3, 0.4) is 0 Å². The maximum absolute atomic E-state index is 11.7. The highest BCUT2D eigenvalue weighted by Gasteiger charge is 2.13. The topological polar surface area (TPSA) is 49.4 Å². The fourth-order valence-electron chi connectivity index (χ4n) is 1.66. The van der Waals surface area contributed by atoms with Gasteiger partial charge < -0.3 is 10.2 Å². The summed E-state index contributed by atoms with van der Waals surface area (Å²) < 4.78 is 0. The second-order valence-corrected chi connectivity index (χ2v) is 4.52. The first-order valence-corrected chi connectivity index (χ1v) is 6.08. The lowest BCUT2D eigenvalue weighted by molar-refractivity contribution is -0.119. The van der Waals surface area contributed by atoms with Crippen molar-refractivity contribution in [2.24, 2.45) is 0 Å². The Morgan fingerprint density at radius 1 is 1.33 bits per heavy atom. The van der Waals surface area contributed by atoms with Crippen LogP contribution in [0.1, 0.15) is 19.4 Å². The van der Waals surface area contributed by atoms with Crippen molar-refractivity contribution in [1.29, 1.82) is 0 Å². The number of carbonyl (C=O) groups excluding carboxylic acids is 2. The highest BCUT2D eigenvalue weighted by atomic mass is 35.5. The first kappa shape index (κ1) is 14.5. The number of aryl methyl sites for hydroxylation is 1. The number of carbonyl (C=O) groups is 2. The smallest absolute Gasteiger partial charge is 0.223 e. The molecule has 0 fully saturated rings. The molecule has 0 saturated carbocycles. The fraction of sp³-hybridized carbons (Fsp3) is 0.385. The Bertz CT molecular complexity index is 460. The first-order chi connectivity index (χ1) is 8.41. The maximum atomic E-state index is 11.7. The zero-order chi connectivity index (χ0) is 13.7. The van der Waals surface area contributed by atoms with Crippen LogP contribution in [0.5, 0.6) is 0 Å². The van der Waals surface area contributed by atoms with E-state index in [1.165, 1.54) is 13.8 Å². The van der Waals surface area contributed by atoms with Crippen LogP contribution in [-0.2, 0) is 9.59 Å². The van der Waals surface area contributed by atoms with Crippen molar-refractivity contribution in [2.75, 3.05) is 18.0 Å². The maximum Gasteiger partial charge on any atom is 0.223 e. The van der Waals surface area contributed by atoms with Gasteiger partial charge in [-0.15, -0.1) is 0 Å². The van der Waals surface area contributed by atoms with Gasteiger partial charge in [0.1, 0.15) is 0 Å². The Labute approximate surface area is 112 Å². The van der Waals surface area contributed by atoms with E-state index in [0.29, 0.717) is 18.1 Å². The Balaban J connectivity index is 2.87. The number of rotatable bonds is 4. The van der Waals surface area contributed by atoms with E-state index in [2.05, 4.69) is 5.32 Å². The Morgan fingerprint density at radius 3 is 2.56 bits per heavy atom. The molecule has 0 spiro atoms. The van der Waals surface area contributed by atoms with Gasteiger partial charge in [0.2, 0.25) is 11.8 Å². The normalized spacial score (nSPS) is 10.0. The average Bonchev–Trinajstić information content (AvgIpc) is 2.27. The van der Waals surface area contributed by atoms with Crippen LogP contribution in [0, 0.1) is 6.92 Å². The predicted octanol–water partition coefficient (Wildman–Crippen LogP) is 2.14. The summed E-state index contributed by atoms with van der Waals surface area (Å²) in [4.78, 5) is 24.1. The summed E-state index contributed by atoms with van der Waals surface area (Å²) in [5, 5.41) is 3.25. The zero-order valence-corrected chi connectivity index (χ0v) is 11.5. The third-order valence-electron chi connectivity index (χ3n) is 2.55. The van der Waals surface area contributed by atoms with Gasteiger partial charge in [0.05, 0.1) is 0 Å². The summed E-state index contributed by atoms with van der Waals surface area (Å²) in [5.41, 5.74) is 1.75. The van der Waals surface area contributed by atoms with E-state index in [4.69, 9.17) is 11.6 Å². The summed E-state index contributed by atoms with van der Waals surface area (Å²) in [5.74, 6) is -0.188. The number of hydrogen-bond acceptors (Lipinski definition) is 2. The minimum atomic E-state index is -0.110. The molecule has 1 aromatic carbocycles. The molecule has 0 aliphatic heterocycles. The minimum absolute atomic E-state index is 0.0780. The van der Waals surface area contributed by atoms with Crippen molar-refractivity contribution >= 4 is 29.1 Å². The van der Waals surface area contributed by atoms with E-state index in [9.17, 15) is 9.59 Å². The van der Waals surface area contributed by atoms with Crippen LogP contribution in [-0.4, -0.2) is 24.9 Å². The molecule has 0 aromatic heterocycles. The van der Waals surface area contributed by atoms with E-state index in [0.717, 1.165) is 11.3 Å². The molecule has 0 bridgehead atoms. The summed E-state index contributed by atoms with van der Waals surface area (Å²) in [6, 6.07) is 5.41. The Morgan fingerprint density at radius 2 is 2.00 bits per heavy atom. The van der Waals surface area contributed by atoms with Gasteiger partial charge in [-0.2, -0.15) is 0 Å². The number of nitrogens with zero attached hydrogens (tertiary/aromatic N) is 1. The molecule has 0 heterocycles. The Hall–Kier alpha value is -1.55. The largest absolute Gasteiger partial charge is 0.355 e. The third-order valence-corrected chi connectivity index (χ3v) is 2.79. The van der Waals surface area contributed by atoms with Gasteiger partial charge in [-0.1, -0.05) is 17.7 Å². The van der Waals surface area contributed by atoms with Crippen LogP contribution in [0.2, 0.25) is 5.02 Å². The zero-order valence-electron chi connectivity index (χ0n) is 10.8. The number of nitrogens with one attached hydrogen (secondary N) is 1. The lowest BCUT2D eigenvalue weighted by atomic mass is 10.2. The molecule has 98 valence electrons. The van der Waals surface area contributed by atoms with E-state index >= 15 is 0 Å². The van der Waals surface area contributed by atoms with E-state index < -0.39 is 0 Å². The molecule has 18 heavy (non-hydrogen) atoms. The SMILES string of the molecule is CC(=O)NCCN(C(C)=O)c1cc(Cl)ccc1C. The minimum Gasteiger partial charge on any atom is -0.355 e. The number of benzene rings is 1. The molecule has 0 saturated heterocycles. The number of amides is 2. The number of anilines is 1. The predicted molar refractivity (Wildman–Crippen MR) is 72.9 cm³/mol. The van der Waals surface area contributed by atoms with E-state index in [1.807, 2.05) is 13.0 Å². The highest BCUT2D eigenvalue weighted by molar-refractivity contribution is 6.31. The van der Waals surface area contributed by atoms with Gasteiger partial charge in [0.25, 0.3) is 0 Å². The molecule has 0 radical (unpaired) electrons.